The van der Waals surface area contributed by atoms with E-state index in [2.05, 4.69) is 29.2 Å². The molecular weight excluding hydrogens is 395 g/mol. The van der Waals surface area contributed by atoms with Crippen LogP contribution in [0.5, 0.6) is 0 Å². The number of rotatable bonds is 4. The van der Waals surface area contributed by atoms with Crippen molar-refractivity contribution in [1.29, 1.82) is 0 Å². The van der Waals surface area contributed by atoms with Gasteiger partial charge in [0.15, 0.2) is 5.41 Å². The fraction of sp³-hybridized carbons (Fsp3) is 0.412. The number of carbonyl (C=O) groups is 2. The zero-order chi connectivity index (χ0) is 16.3. The van der Waals surface area contributed by atoms with Crippen LogP contribution < -0.4 is 0 Å². The number of halogens is 1. The van der Waals surface area contributed by atoms with E-state index < -0.39 is 17.4 Å². The molecule has 0 radical (unpaired) electrons. The molecule has 118 valence electrons. The Hall–Kier alpha value is -1.37. The number of carbonyl (C=O) groups excluding carboxylic acids is 2. The van der Waals surface area contributed by atoms with Crippen LogP contribution in [0.4, 0.5) is 0 Å². The number of allylic oxidation sites excluding steroid dienone is 1. The summed E-state index contributed by atoms with van der Waals surface area (Å²) in [6, 6.07) is 10.0. The van der Waals surface area contributed by atoms with Crippen LogP contribution in [-0.2, 0) is 19.1 Å². The molecule has 0 amide bonds. The lowest BCUT2D eigenvalue weighted by molar-refractivity contribution is -0.168. The van der Waals surface area contributed by atoms with E-state index in [1.807, 2.05) is 30.3 Å². The summed E-state index contributed by atoms with van der Waals surface area (Å²) in [6.45, 7) is 4.09. The van der Waals surface area contributed by atoms with Gasteiger partial charge in [-0.05, 0) is 24.3 Å². The molecule has 0 saturated heterocycles. The minimum atomic E-state index is -1.26. The van der Waals surface area contributed by atoms with Crippen LogP contribution in [0.15, 0.2) is 42.5 Å². The third-order valence-corrected chi connectivity index (χ3v) is 5.83. The van der Waals surface area contributed by atoms with Crippen molar-refractivity contribution in [3.8, 4) is 0 Å². The first-order valence-electron chi connectivity index (χ1n) is 7.00. The molecule has 1 aliphatic rings. The molecule has 0 aromatic heterocycles. The van der Waals surface area contributed by atoms with Crippen LogP contribution >= 0.6 is 22.6 Å². The second-order valence-electron chi connectivity index (χ2n) is 5.52. The Balaban J connectivity index is 2.32. The molecule has 1 aromatic rings. The van der Waals surface area contributed by atoms with Crippen LogP contribution in [0.25, 0.3) is 0 Å². The molecule has 0 spiro atoms. The van der Waals surface area contributed by atoms with Gasteiger partial charge in [0, 0.05) is 3.92 Å². The van der Waals surface area contributed by atoms with E-state index in [4.69, 9.17) is 9.47 Å². The van der Waals surface area contributed by atoms with Crippen LogP contribution in [0, 0.1) is 11.3 Å². The zero-order valence-corrected chi connectivity index (χ0v) is 14.8. The number of ether oxygens (including phenoxy) is 2. The first kappa shape index (κ1) is 17.0. The molecule has 1 fully saturated rings. The van der Waals surface area contributed by atoms with Gasteiger partial charge in [-0.2, -0.15) is 0 Å². The van der Waals surface area contributed by atoms with Gasteiger partial charge in [-0.1, -0.05) is 65.1 Å². The first-order valence-corrected chi connectivity index (χ1v) is 8.24. The highest BCUT2D eigenvalue weighted by molar-refractivity contribution is 14.1. The summed E-state index contributed by atoms with van der Waals surface area (Å²) in [5.41, 5.74) is 0.780. The van der Waals surface area contributed by atoms with Gasteiger partial charge in [0.2, 0.25) is 0 Å². The number of benzene rings is 1. The molecule has 0 bridgehead atoms. The van der Waals surface area contributed by atoms with Crippen molar-refractivity contribution >= 4 is 34.5 Å². The molecular formula is C17H19IO4. The Morgan fingerprint density at radius 1 is 1.23 bits per heavy atom. The maximum absolute atomic E-state index is 12.2. The molecule has 0 heterocycles. The summed E-state index contributed by atoms with van der Waals surface area (Å²) in [5, 5.41) is 0. The molecule has 4 nitrogen and oxygen atoms in total. The third-order valence-electron chi connectivity index (χ3n) is 4.25. The Bertz CT molecular complexity index is 566. The van der Waals surface area contributed by atoms with Crippen molar-refractivity contribution in [1.82, 2.24) is 0 Å². The van der Waals surface area contributed by atoms with Crippen LogP contribution in [0.2, 0.25) is 0 Å². The van der Waals surface area contributed by atoms with Crippen LogP contribution in [0.3, 0.4) is 0 Å². The number of hydrogen-bond donors (Lipinski definition) is 0. The van der Waals surface area contributed by atoms with E-state index in [-0.39, 0.29) is 16.3 Å². The Morgan fingerprint density at radius 3 is 2.27 bits per heavy atom. The fourth-order valence-corrected chi connectivity index (χ4v) is 4.25. The van der Waals surface area contributed by atoms with E-state index in [9.17, 15) is 9.59 Å². The van der Waals surface area contributed by atoms with Gasteiger partial charge < -0.3 is 9.47 Å². The average Bonchev–Trinajstić information content (AvgIpc) is 2.92. The topological polar surface area (TPSA) is 52.6 Å². The molecule has 2 rings (SSSR count). The molecule has 5 heteroatoms. The quantitative estimate of drug-likeness (QED) is 0.249. The van der Waals surface area contributed by atoms with Gasteiger partial charge in [-0.25, -0.2) is 0 Å². The molecule has 22 heavy (non-hydrogen) atoms. The minimum absolute atomic E-state index is 0.0289. The molecule has 0 aliphatic heterocycles. The standard InChI is InChI=1S/C17H19IO4/c1-11-9-17(15(19)21-2,16(20)22-3)10-13(11)14(18)12-7-5-4-6-8-12/h4-8,13-14H,1,9-10H2,2-3H3/t13-,14-/m0/s1. The smallest absolute Gasteiger partial charge is 0.323 e. The second-order valence-corrected chi connectivity index (χ2v) is 6.87. The monoisotopic (exact) mass is 414 g/mol. The molecule has 1 aromatic carbocycles. The van der Waals surface area contributed by atoms with Gasteiger partial charge in [-0.15, -0.1) is 0 Å². The van der Waals surface area contributed by atoms with Crippen molar-refractivity contribution in [2.24, 2.45) is 11.3 Å². The highest BCUT2D eigenvalue weighted by atomic mass is 127. The summed E-state index contributed by atoms with van der Waals surface area (Å²) in [4.78, 5) is 24.4. The maximum atomic E-state index is 12.2. The lowest BCUT2D eigenvalue weighted by Crippen LogP contribution is -2.39. The Morgan fingerprint density at radius 2 is 1.77 bits per heavy atom. The second kappa shape index (κ2) is 6.81. The largest absolute Gasteiger partial charge is 0.468 e. The van der Waals surface area contributed by atoms with Gasteiger partial charge in [0.05, 0.1) is 14.2 Å². The number of hydrogen-bond acceptors (Lipinski definition) is 4. The van der Waals surface area contributed by atoms with Crippen molar-refractivity contribution in [2.45, 2.75) is 16.8 Å². The fourth-order valence-electron chi connectivity index (χ4n) is 3.08. The highest BCUT2D eigenvalue weighted by Gasteiger charge is 2.56. The summed E-state index contributed by atoms with van der Waals surface area (Å²) in [6.07, 6.45) is 0.650. The van der Waals surface area contributed by atoms with Gasteiger partial charge in [-0.3, -0.25) is 9.59 Å². The molecule has 2 atom stereocenters. The molecule has 1 saturated carbocycles. The number of methoxy groups -OCH3 is 2. The Kier molecular flexibility index (Phi) is 5.26. The predicted octanol–water partition coefficient (Wildman–Crippen LogP) is 3.46. The highest BCUT2D eigenvalue weighted by Crippen LogP contribution is 2.53. The summed E-state index contributed by atoms with van der Waals surface area (Å²) in [7, 11) is 2.59. The summed E-state index contributed by atoms with van der Waals surface area (Å²) < 4.78 is 9.86. The van der Waals surface area contributed by atoms with E-state index in [1.165, 1.54) is 14.2 Å². The Labute approximate surface area is 144 Å². The SMILES string of the molecule is C=C1CC(C(=O)OC)(C(=O)OC)C[C@@H]1[C@@H](I)c1ccccc1. The lowest BCUT2D eigenvalue weighted by Gasteiger charge is -2.24. The summed E-state index contributed by atoms with van der Waals surface area (Å²) in [5.74, 6) is -1.06. The average molecular weight is 414 g/mol. The number of esters is 2. The van der Waals surface area contributed by atoms with Crippen molar-refractivity contribution in [3.63, 3.8) is 0 Å². The predicted molar refractivity (Wildman–Crippen MR) is 91.5 cm³/mol. The number of alkyl halides is 1. The van der Waals surface area contributed by atoms with Crippen LogP contribution in [0.1, 0.15) is 22.3 Å². The van der Waals surface area contributed by atoms with E-state index in [0.29, 0.717) is 6.42 Å². The van der Waals surface area contributed by atoms with E-state index in [1.54, 1.807) is 0 Å². The van der Waals surface area contributed by atoms with Crippen molar-refractivity contribution in [2.75, 3.05) is 14.2 Å². The minimum Gasteiger partial charge on any atom is -0.468 e. The molecule has 0 N–H and O–H groups in total. The van der Waals surface area contributed by atoms with Gasteiger partial charge in [0.25, 0.3) is 0 Å². The maximum Gasteiger partial charge on any atom is 0.323 e. The first-order chi connectivity index (χ1) is 10.5. The van der Waals surface area contributed by atoms with E-state index in [0.717, 1.165) is 11.1 Å². The van der Waals surface area contributed by atoms with Crippen molar-refractivity contribution < 1.29 is 19.1 Å². The van der Waals surface area contributed by atoms with E-state index >= 15 is 0 Å². The van der Waals surface area contributed by atoms with Crippen molar-refractivity contribution in [3.05, 3.63) is 48.0 Å². The third kappa shape index (κ3) is 2.91. The lowest BCUT2D eigenvalue weighted by atomic mass is 9.84. The zero-order valence-electron chi connectivity index (χ0n) is 12.7. The van der Waals surface area contributed by atoms with Gasteiger partial charge in [0.1, 0.15) is 0 Å². The molecule has 1 aliphatic carbocycles. The summed E-state index contributed by atoms with van der Waals surface area (Å²) >= 11 is 2.35. The normalized spacial score (nSPS) is 21.2. The molecule has 0 unspecified atom stereocenters. The van der Waals surface area contributed by atoms with Crippen LogP contribution in [-0.4, -0.2) is 26.2 Å². The van der Waals surface area contributed by atoms with Gasteiger partial charge >= 0.3 is 11.9 Å².